The number of carbonyl (C=O) groups excluding carboxylic acids is 2. The molecule has 6 nitrogen and oxygen atoms in total. The number of amides is 2. The molecule has 0 saturated heterocycles. The van der Waals surface area contributed by atoms with Gasteiger partial charge in [-0.15, -0.1) is 0 Å². The Bertz CT molecular complexity index is 505. The first-order valence-electron chi connectivity index (χ1n) is 5.50. The van der Waals surface area contributed by atoms with E-state index in [2.05, 4.69) is 15.8 Å². The molecule has 1 aliphatic rings. The van der Waals surface area contributed by atoms with E-state index in [1.807, 2.05) is 31.1 Å². The number of rotatable bonds is 3. The minimum Gasteiger partial charge on any atom is -0.378 e. The third-order valence-electron chi connectivity index (χ3n) is 2.55. The Morgan fingerprint density at radius 1 is 1.33 bits per heavy atom. The largest absolute Gasteiger partial charge is 0.378 e. The molecular weight excluding hydrogens is 232 g/mol. The van der Waals surface area contributed by atoms with Crippen LogP contribution in [0.2, 0.25) is 0 Å². The molecule has 0 atom stereocenters. The summed E-state index contributed by atoms with van der Waals surface area (Å²) in [5, 5.41) is 6.35. The average molecular weight is 246 g/mol. The van der Waals surface area contributed by atoms with Crippen molar-refractivity contribution in [2.75, 3.05) is 24.3 Å². The van der Waals surface area contributed by atoms with Crippen LogP contribution in [-0.2, 0) is 9.59 Å². The average Bonchev–Trinajstić information content (AvgIpc) is 2.76. The smallest absolute Gasteiger partial charge is 0.272 e. The fourth-order valence-corrected chi connectivity index (χ4v) is 1.54. The highest BCUT2D eigenvalue weighted by Crippen LogP contribution is 2.15. The van der Waals surface area contributed by atoms with E-state index < -0.39 is 0 Å². The normalized spacial score (nSPS) is 13.9. The molecule has 0 spiro atoms. The van der Waals surface area contributed by atoms with Crippen LogP contribution in [0.5, 0.6) is 0 Å². The minimum absolute atomic E-state index is 0.0294. The first kappa shape index (κ1) is 12.1. The zero-order valence-electron chi connectivity index (χ0n) is 10.2. The van der Waals surface area contributed by atoms with Gasteiger partial charge < -0.3 is 10.2 Å². The first-order chi connectivity index (χ1) is 8.56. The molecule has 1 aromatic carbocycles. The van der Waals surface area contributed by atoms with Gasteiger partial charge >= 0.3 is 0 Å². The molecule has 0 aliphatic carbocycles. The summed E-state index contributed by atoms with van der Waals surface area (Å²) in [6.45, 7) is 0. The second kappa shape index (κ2) is 4.87. The predicted octanol–water partition coefficient (Wildman–Crippen LogP) is 0.567. The Morgan fingerprint density at radius 2 is 2.00 bits per heavy atom. The fraction of sp³-hybridized carbons (Fsp3) is 0.250. The number of nitrogens with zero attached hydrogens (tertiary/aromatic N) is 2. The molecule has 1 aliphatic heterocycles. The Balaban J connectivity index is 2.01. The van der Waals surface area contributed by atoms with Gasteiger partial charge in [-0.25, -0.2) is 5.43 Å². The number of benzene rings is 1. The lowest BCUT2D eigenvalue weighted by Gasteiger charge is -2.12. The van der Waals surface area contributed by atoms with Crippen LogP contribution in [0.4, 0.5) is 11.4 Å². The molecule has 2 N–H and O–H groups in total. The number of nitrogens with one attached hydrogen (secondary N) is 2. The Labute approximate surface area is 105 Å². The van der Waals surface area contributed by atoms with Gasteiger partial charge in [-0.3, -0.25) is 9.59 Å². The topological polar surface area (TPSA) is 73.8 Å². The van der Waals surface area contributed by atoms with Crippen LogP contribution in [0.3, 0.4) is 0 Å². The highest BCUT2D eigenvalue weighted by atomic mass is 16.2. The molecule has 18 heavy (non-hydrogen) atoms. The lowest BCUT2D eigenvalue weighted by atomic mass is 10.2. The summed E-state index contributed by atoms with van der Waals surface area (Å²) >= 11 is 0. The predicted molar refractivity (Wildman–Crippen MR) is 69.6 cm³/mol. The van der Waals surface area contributed by atoms with E-state index in [-0.39, 0.29) is 23.9 Å². The lowest BCUT2D eigenvalue weighted by molar-refractivity contribution is -0.119. The van der Waals surface area contributed by atoms with Gasteiger partial charge in [0.1, 0.15) is 5.71 Å². The molecule has 2 amide bonds. The fourth-order valence-electron chi connectivity index (χ4n) is 1.54. The molecular formula is C12H14N4O2. The molecule has 0 radical (unpaired) electrons. The van der Waals surface area contributed by atoms with Crippen molar-refractivity contribution in [1.29, 1.82) is 0 Å². The highest BCUT2D eigenvalue weighted by Gasteiger charge is 2.21. The van der Waals surface area contributed by atoms with Crippen molar-refractivity contribution in [3.8, 4) is 0 Å². The second-order valence-corrected chi connectivity index (χ2v) is 4.17. The standard InChI is InChI=1S/C12H14N4O2/c1-16(2)9-5-3-8(4-6-9)13-12(18)10-7-11(17)15-14-10/h3-6H,7H2,1-2H3,(H,13,18)(H,15,17). The third-order valence-corrected chi connectivity index (χ3v) is 2.55. The summed E-state index contributed by atoms with van der Waals surface area (Å²) in [6, 6.07) is 7.40. The van der Waals surface area contributed by atoms with Crippen molar-refractivity contribution >= 4 is 28.9 Å². The van der Waals surface area contributed by atoms with E-state index >= 15 is 0 Å². The summed E-state index contributed by atoms with van der Waals surface area (Å²) in [5.74, 6) is -0.617. The summed E-state index contributed by atoms with van der Waals surface area (Å²) < 4.78 is 0. The maximum absolute atomic E-state index is 11.7. The van der Waals surface area contributed by atoms with E-state index in [9.17, 15) is 9.59 Å². The van der Waals surface area contributed by atoms with Crippen molar-refractivity contribution in [2.24, 2.45) is 5.10 Å². The van der Waals surface area contributed by atoms with Crippen LogP contribution in [0, 0.1) is 0 Å². The summed E-state index contributed by atoms with van der Waals surface area (Å²) in [7, 11) is 3.89. The quantitative estimate of drug-likeness (QED) is 0.818. The van der Waals surface area contributed by atoms with Crippen LogP contribution in [-0.4, -0.2) is 31.6 Å². The van der Waals surface area contributed by atoms with Crippen LogP contribution >= 0.6 is 0 Å². The SMILES string of the molecule is CN(C)c1ccc(NC(=O)C2=NNC(=O)C2)cc1. The molecule has 1 heterocycles. The monoisotopic (exact) mass is 246 g/mol. The number of hydrogen-bond acceptors (Lipinski definition) is 4. The highest BCUT2D eigenvalue weighted by molar-refractivity contribution is 6.46. The van der Waals surface area contributed by atoms with Crippen molar-refractivity contribution in [3.63, 3.8) is 0 Å². The number of anilines is 2. The molecule has 1 aromatic rings. The summed E-state index contributed by atoms with van der Waals surface area (Å²) in [5.41, 5.74) is 4.17. The van der Waals surface area contributed by atoms with Gasteiger partial charge in [0.2, 0.25) is 5.91 Å². The molecule has 0 fully saturated rings. The Morgan fingerprint density at radius 3 is 2.50 bits per heavy atom. The van der Waals surface area contributed by atoms with E-state index in [0.717, 1.165) is 5.69 Å². The van der Waals surface area contributed by atoms with Crippen LogP contribution in [0.1, 0.15) is 6.42 Å². The van der Waals surface area contributed by atoms with Crippen molar-refractivity contribution in [1.82, 2.24) is 5.43 Å². The molecule has 0 saturated carbocycles. The minimum atomic E-state index is -0.356. The molecule has 94 valence electrons. The molecule has 0 aromatic heterocycles. The van der Waals surface area contributed by atoms with Gasteiger partial charge in [-0.1, -0.05) is 0 Å². The van der Waals surface area contributed by atoms with E-state index in [1.165, 1.54) is 0 Å². The van der Waals surface area contributed by atoms with Crippen molar-refractivity contribution in [3.05, 3.63) is 24.3 Å². The van der Waals surface area contributed by atoms with Crippen LogP contribution in [0.15, 0.2) is 29.4 Å². The molecule has 0 unspecified atom stereocenters. The summed E-state index contributed by atoms with van der Waals surface area (Å²) in [4.78, 5) is 24.6. The Kier molecular flexibility index (Phi) is 3.27. The van der Waals surface area contributed by atoms with E-state index in [4.69, 9.17) is 0 Å². The van der Waals surface area contributed by atoms with Gasteiger partial charge in [0.15, 0.2) is 0 Å². The molecule has 0 bridgehead atoms. The first-order valence-corrected chi connectivity index (χ1v) is 5.50. The van der Waals surface area contributed by atoms with Crippen molar-refractivity contribution < 1.29 is 9.59 Å². The van der Waals surface area contributed by atoms with E-state index in [0.29, 0.717) is 5.69 Å². The maximum atomic E-state index is 11.7. The molecule has 2 rings (SSSR count). The molecule has 6 heteroatoms. The summed E-state index contributed by atoms with van der Waals surface area (Å²) in [6.07, 6.45) is 0.0294. The van der Waals surface area contributed by atoms with Gasteiger partial charge in [0.05, 0.1) is 6.42 Å². The third kappa shape index (κ3) is 2.65. The second-order valence-electron chi connectivity index (χ2n) is 4.17. The van der Waals surface area contributed by atoms with Crippen molar-refractivity contribution in [2.45, 2.75) is 6.42 Å². The number of hydrazone groups is 1. The van der Waals surface area contributed by atoms with Crippen LogP contribution in [0.25, 0.3) is 0 Å². The number of carbonyl (C=O) groups is 2. The lowest BCUT2D eigenvalue weighted by Crippen LogP contribution is -2.22. The van der Waals surface area contributed by atoms with Gasteiger partial charge in [0, 0.05) is 25.5 Å². The van der Waals surface area contributed by atoms with E-state index in [1.54, 1.807) is 12.1 Å². The van der Waals surface area contributed by atoms with Gasteiger partial charge in [-0.2, -0.15) is 5.10 Å². The Hall–Kier alpha value is -2.37. The van der Waals surface area contributed by atoms with Crippen LogP contribution < -0.4 is 15.6 Å². The van der Waals surface area contributed by atoms with Gasteiger partial charge in [-0.05, 0) is 24.3 Å². The number of hydrogen-bond donors (Lipinski definition) is 2. The maximum Gasteiger partial charge on any atom is 0.272 e. The van der Waals surface area contributed by atoms with Gasteiger partial charge in [0.25, 0.3) is 5.91 Å². The zero-order valence-corrected chi connectivity index (χ0v) is 10.2. The zero-order chi connectivity index (χ0) is 13.1.